The van der Waals surface area contributed by atoms with Crippen LogP contribution in [-0.2, 0) is 6.54 Å². The molecule has 0 aliphatic carbocycles. The summed E-state index contributed by atoms with van der Waals surface area (Å²) in [5, 5.41) is 11.3. The van der Waals surface area contributed by atoms with Gasteiger partial charge in [-0.3, -0.25) is 9.89 Å². The van der Waals surface area contributed by atoms with Crippen molar-refractivity contribution in [2.24, 2.45) is 5.73 Å². The number of hydrogen-bond acceptors (Lipinski definition) is 6. The van der Waals surface area contributed by atoms with Crippen molar-refractivity contribution >= 4 is 5.91 Å². The Kier molecular flexibility index (Phi) is 4.68. The van der Waals surface area contributed by atoms with E-state index in [9.17, 15) is 4.79 Å². The van der Waals surface area contributed by atoms with Crippen molar-refractivity contribution in [2.45, 2.75) is 32.2 Å². The molecule has 9 heteroatoms. The van der Waals surface area contributed by atoms with Crippen LogP contribution in [0, 0.1) is 6.92 Å². The average molecular weight is 366 g/mol. The van der Waals surface area contributed by atoms with Gasteiger partial charge in [-0.25, -0.2) is 14.6 Å². The van der Waals surface area contributed by atoms with Crippen molar-refractivity contribution in [1.29, 1.82) is 0 Å². The van der Waals surface area contributed by atoms with Gasteiger partial charge in [0.25, 0.3) is 5.91 Å². The van der Waals surface area contributed by atoms with Crippen molar-refractivity contribution in [3.8, 4) is 5.69 Å². The van der Waals surface area contributed by atoms with E-state index in [1.807, 2.05) is 30.0 Å². The van der Waals surface area contributed by atoms with Crippen LogP contribution in [-0.4, -0.2) is 53.8 Å². The molecule has 4 rings (SSSR count). The third kappa shape index (κ3) is 3.45. The highest BCUT2D eigenvalue weighted by molar-refractivity contribution is 5.94. The van der Waals surface area contributed by atoms with E-state index in [0.29, 0.717) is 31.0 Å². The molecule has 1 amide bonds. The van der Waals surface area contributed by atoms with Crippen molar-refractivity contribution in [1.82, 2.24) is 34.8 Å². The van der Waals surface area contributed by atoms with Crippen LogP contribution < -0.4 is 5.73 Å². The molecule has 27 heavy (non-hydrogen) atoms. The Labute approximate surface area is 156 Å². The summed E-state index contributed by atoms with van der Waals surface area (Å²) in [7, 11) is 0. The molecule has 140 valence electrons. The summed E-state index contributed by atoms with van der Waals surface area (Å²) in [6.07, 6.45) is 4.84. The molecule has 3 aromatic rings. The number of H-pyrrole nitrogens is 1. The molecule has 0 unspecified atom stereocenters. The topological polar surface area (TPSA) is 119 Å². The zero-order chi connectivity index (χ0) is 18.8. The second kappa shape index (κ2) is 7.28. The number of amides is 1. The molecular formula is C18H22N8O. The van der Waals surface area contributed by atoms with Gasteiger partial charge < -0.3 is 10.6 Å². The molecule has 1 saturated heterocycles. The number of aryl methyl sites for hydroxylation is 1. The molecular weight excluding hydrogens is 344 g/mol. The number of carbonyl (C=O) groups is 1. The minimum Gasteiger partial charge on any atom is -0.339 e. The highest BCUT2D eigenvalue weighted by atomic mass is 16.2. The third-order valence-electron chi connectivity index (χ3n) is 5.00. The molecule has 0 saturated carbocycles. The van der Waals surface area contributed by atoms with Gasteiger partial charge in [-0.05, 0) is 43.5 Å². The first-order valence-corrected chi connectivity index (χ1v) is 9.02. The van der Waals surface area contributed by atoms with Crippen molar-refractivity contribution in [3.63, 3.8) is 0 Å². The SMILES string of the molecule is Cc1cc(C(=O)N2CCC(c3n[nH]c(CN)n3)CC2)ccc1-n1cncn1. The Balaban J connectivity index is 1.42. The fourth-order valence-corrected chi connectivity index (χ4v) is 3.49. The minimum atomic E-state index is 0.0549. The first-order valence-electron chi connectivity index (χ1n) is 9.02. The largest absolute Gasteiger partial charge is 0.339 e. The van der Waals surface area contributed by atoms with Gasteiger partial charge in [-0.2, -0.15) is 10.2 Å². The van der Waals surface area contributed by atoms with Gasteiger partial charge >= 0.3 is 0 Å². The van der Waals surface area contributed by atoms with Crippen LogP contribution in [0.15, 0.2) is 30.9 Å². The zero-order valence-corrected chi connectivity index (χ0v) is 15.2. The summed E-state index contributed by atoms with van der Waals surface area (Å²) in [6, 6.07) is 5.67. The number of likely N-dealkylation sites (tertiary alicyclic amines) is 1. The van der Waals surface area contributed by atoms with Gasteiger partial charge in [-0.1, -0.05) is 0 Å². The molecule has 1 aliphatic heterocycles. The standard InChI is InChI=1S/C18H22N8O/c1-12-8-14(2-3-15(12)26-11-20-10-21-26)18(27)25-6-4-13(5-7-25)17-22-16(9-19)23-24-17/h2-3,8,10-11,13H,4-7,9,19H2,1H3,(H,22,23,24). The van der Waals surface area contributed by atoms with Crippen LogP contribution >= 0.6 is 0 Å². The normalized spacial score (nSPS) is 15.3. The summed E-state index contributed by atoms with van der Waals surface area (Å²) >= 11 is 0. The summed E-state index contributed by atoms with van der Waals surface area (Å²) in [5.74, 6) is 1.82. The van der Waals surface area contributed by atoms with E-state index < -0.39 is 0 Å². The van der Waals surface area contributed by atoms with Crippen LogP contribution in [0.1, 0.15) is 46.3 Å². The lowest BCUT2D eigenvalue weighted by atomic mass is 9.95. The van der Waals surface area contributed by atoms with Crippen molar-refractivity contribution < 1.29 is 4.79 Å². The van der Waals surface area contributed by atoms with Crippen molar-refractivity contribution in [2.75, 3.05) is 13.1 Å². The molecule has 3 N–H and O–H groups in total. The van der Waals surface area contributed by atoms with Crippen molar-refractivity contribution in [3.05, 3.63) is 53.6 Å². The first-order chi connectivity index (χ1) is 13.2. The Morgan fingerprint density at radius 3 is 2.78 bits per heavy atom. The number of benzene rings is 1. The predicted octanol–water partition coefficient (Wildman–Crippen LogP) is 1.17. The highest BCUT2D eigenvalue weighted by Gasteiger charge is 2.27. The summed E-state index contributed by atoms with van der Waals surface area (Å²) < 4.78 is 1.70. The molecule has 9 nitrogen and oxygen atoms in total. The summed E-state index contributed by atoms with van der Waals surface area (Å²) in [4.78, 5) is 23.2. The van der Waals surface area contributed by atoms with Crippen LogP contribution in [0.3, 0.4) is 0 Å². The van der Waals surface area contributed by atoms with E-state index in [0.717, 1.165) is 29.9 Å². The maximum atomic E-state index is 12.9. The highest BCUT2D eigenvalue weighted by Crippen LogP contribution is 2.26. The summed E-state index contributed by atoms with van der Waals surface area (Å²) in [6.45, 7) is 3.71. The number of nitrogens with two attached hydrogens (primary N) is 1. The fraction of sp³-hybridized carbons (Fsp3) is 0.389. The van der Waals surface area contributed by atoms with E-state index in [1.54, 1.807) is 11.0 Å². The van der Waals surface area contributed by atoms with E-state index in [-0.39, 0.29) is 11.8 Å². The van der Waals surface area contributed by atoms with Gasteiger partial charge in [-0.15, -0.1) is 0 Å². The fourth-order valence-electron chi connectivity index (χ4n) is 3.49. The van der Waals surface area contributed by atoms with Gasteiger partial charge in [0.05, 0.1) is 12.2 Å². The predicted molar refractivity (Wildman–Crippen MR) is 98.2 cm³/mol. The number of rotatable bonds is 4. The Morgan fingerprint density at radius 2 is 2.15 bits per heavy atom. The lowest BCUT2D eigenvalue weighted by Gasteiger charge is -2.31. The number of nitrogens with zero attached hydrogens (tertiary/aromatic N) is 6. The van der Waals surface area contributed by atoms with Gasteiger partial charge in [0, 0.05) is 24.6 Å². The van der Waals surface area contributed by atoms with Crippen LogP contribution in [0.2, 0.25) is 0 Å². The maximum Gasteiger partial charge on any atom is 0.253 e. The number of piperidine rings is 1. The van der Waals surface area contributed by atoms with Crippen LogP contribution in [0.5, 0.6) is 0 Å². The molecule has 1 aliphatic rings. The Morgan fingerprint density at radius 1 is 1.33 bits per heavy atom. The molecule has 0 bridgehead atoms. The average Bonchev–Trinajstić information content (AvgIpc) is 3.39. The molecule has 2 aromatic heterocycles. The van der Waals surface area contributed by atoms with Crippen LogP contribution in [0.4, 0.5) is 0 Å². The quantitative estimate of drug-likeness (QED) is 0.715. The third-order valence-corrected chi connectivity index (χ3v) is 5.00. The van der Waals surface area contributed by atoms with Gasteiger partial charge in [0.2, 0.25) is 0 Å². The molecule has 1 fully saturated rings. The molecule has 0 spiro atoms. The molecule has 1 aromatic carbocycles. The minimum absolute atomic E-state index is 0.0549. The Hall–Kier alpha value is -3.07. The molecule has 3 heterocycles. The monoisotopic (exact) mass is 366 g/mol. The lowest BCUT2D eigenvalue weighted by Crippen LogP contribution is -2.38. The number of aromatic amines is 1. The number of aromatic nitrogens is 6. The second-order valence-electron chi connectivity index (χ2n) is 6.75. The zero-order valence-electron chi connectivity index (χ0n) is 15.2. The lowest BCUT2D eigenvalue weighted by molar-refractivity contribution is 0.0711. The number of hydrogen-bond donors (Lipinski definition) is 2. The van der Waals surface area contributed by atoms with Gasteiger partial charge in [0.1, 0.15) is 18.5 Å². The van der Waals surface area contributed by atoms with E-state index in [1.165, 1.54) is 6.33 Å². The van der Waals surface area contributed by atoms with E-state index in [2.05, 4.69) is 25.3 Å². The van der Waals surface area contributed by atoms with Crippen LogP contribution in [0.25, 0.3) is 5.69 Å². The first kappa shape index (κ1) is 17.3. The Bertz CT molecular complexity index is 925. The van der Waals surface area contributed by atoms with Gasteiger partial charge in [0.15, 0.2) is 5.82 Å². The second-order valence-corrected chi connectivity index (χ2v) is 6.75. The number of carbonyl (C=O) groups excluding carboxylic acids is 1. The smallest absolute Gasteiger partial charge is 0.253 e. The molecule has 0 radical (unpaired) electrons. The maximum absolute atomic E-state index is 12.9. The van der Waals surface area contributed by atoms with E-state index in [4.69, 9.17) is 5.73 Å². The number of nitrogens with one attached hydrogen (secondary N) is 1. The summed E-state index contributed by atoms with van der Waals surface area (Å²) in [5.41, 5.74) is 8.17. The molecule has 0 atom stereocenters. The van der Waals surface area contributed by atoms with E-state index >= 15 is 0 Å².